The minimum absolute atomic E-state index is 0.0926. The van der Waals surface area contributed by atoms with E-state index in [9.17, 15) is 4.79 Å². The molecule has 0 aromatic heterocycles. The number of allylic oxidation sites excluding steroid dienone is 1. The molecule has 0 spiro atoms. The second kappa shape index (κ2) is 10.8. The summed E-state index contributed by atoms with van der Waals surface area (Å²) >= 11 is 0. The molecule has 0 radical (unpaired) electrons. The summed E-state index contributed by atoms with van der Waals surface area (Å²) in [6, 6.07) is 3.93. The molecule has 2 heteroatoms. The van der Waals surface area contributed by atoms with Crippen LogP contribution in [0, 0.1) is 6.92 Å². The van der Waals surface area contributed by atoms with Crippen molar-refractivity contribution in [2.75, 3.05) is 13.1 Å². The van der Waals surface area contributed by atoms with Crippen molar-refractivity contribution in [1.82, 2.24) is 4.90 Å². The van der Waals surface area contributed by atoms with Crippen molar-refractivity contribution in [2.45, 2.75) is 48.0 Å². The molecule has 0 heterocycles. The monoisotopic (exact) mass is 301 g/mol. The molecular formula is C20H31NO. The molecule has 0 saturated carbocycles. The molecule has 0 fully saturated rings. The van der Waals surface area contributed by atoms with Crippen molar-refractivity contribution in [3.63, 3.8) is 0 Å². The highest BCUT2D eigenvalue weighted by Crippen LogP contribution is 2.23. The molecule has 1 rings (SSSR count). The average molecular weight is 301 g/mol. The van der Waals surface area contributed by atoms with E-state index < -0.39 is 0 Å². The van der Waals surface area contributed by atoms with E-state index in [1.807, 2.05) is 56.9 Å². The van der Waals surface area contributed by atoms with Gasteiger partial charge in [0.2, 0.25) is 0 Å². The quantitative estimate of drug-likeness (QED) is 0.672. The SMILES string of the molecule is C=Cc1c(C(=O)N(CC)CCC)ccc(C)c1/C=C\C.CC. The molecule has 0 saturated heterocycles. The van der Waals surface area contributed by atoms with E-state index in [4.69, 9.17) is 0 Å². The Morgan fingerprint density at radius 3 is 2.32 bits per heavy atom. The van der Waals surface area contributed by atoms with Gasteiger partial charge in [-0.05, 0) is 49.9 Å². The molecule has 0 unspecified atom stereocenters. The average Bonchev–Trinajstić information content (AvgIpc) is 2.55. The van der Waals surface area contributed by atoms with Gasteiger partial charge in [0, 0.05) is 18.7 Å². The van der Waals surface area contributed by atoms with Gasteiger partial charge in [0.05, 0.1) is 0 Å². The van der Waals surface area contributed by atoms with E-state index in [0.29, 0.717) is 0 Å². The molecule has 22 heavy (non-hydrogen) atoms. The van der Waals surface area contributed by atoms with Gasteiger partial charge in [-0.2, -0.15) is 0 Å². The van der Waals surface area contributed by atoms with Crippen molar-refractivity contribution in [1.29, 1.82) is 0 Å². The standard InChI is InChI=1S/C18H25NO.C2H6/c1-6-10-16-14(5)11-12-17(15(16)8-3)18(20)19(9-4)13-7-2;1-2/h6,8,10-12H,3,7,9,13H2,1-2,4-5H3;1-2H3/b10-6-;. The van der Waals surface area contributed by atoms with Crippen LogP contribution in [0.4, 0.5) is 0 Å². The summed E-state index contributed by atoms with van der Waals surface area (Å²) in [4.78, 5) is 14.6. The van der Waals surface area contributed by atoms with Crippen LogP contribution in [0.3, 0.4) is 0 Å². The lowest BCUT2D eigenvalue weighted by Gasteiger charge is -2.22. The summed E-state index contributed by atoms with van der Waals surface area (Å²) in [7, 11) is 0. The Kier molecular flexibility index (Phi) is 9.93. The molecule has 0 aliphatic rings. The summed E-state index contributed by atoms with van der Waals surface area (Å²) in [5.41, 5.74) is 3.92. The largest absolute Gasteiger partial charge is 0.339 e. The van der Waals surface area contributed by atoms with Crippen molar-refractivity contribution >= 4 is 18.1 Å². The number of carbonyl (C=O) groups excluding carboxylic acids is 1. The first kappa shape index (κ1) is 20.2. The minimum Gasteiger partial charge on any atom is -0.339 e. The fourth-order valence-corrected chi connectivity index (χ4v) is 2.38. The highest BCUT2D eigenvalue weighted by atomic mass is 16.2. The van der Waals surface area contributed by atoms with Gasteiger partial charge in [-0.1, -0.05) is 51.6 Å². The van der Waals surface area contributed by atoms with Crippen LogP contribution in [0.2, 0.25) is 0 Å². The Bertz CT molecular complexity index is 515. The lowest BCUT2D eigenvalue weighted by atomic mass is 9.95. The highest BCUT2D eigenvalue weighted by Gasteiger charge is 2.18. The van der Waals surface area contributed by atoms with Crippen molar-refractivity contribution in [3.05, 3.63) is 47.0 Å². The zero-order valence-corrected chi connectivity index (χ0v) is 15.1. The predicted octanol–water partition coefficient (Wildman–Crippen LogP) is 5.57. The topological polar surface area (TPSA) is 20.3 Å². The third-order valence-corrected chi connectivity index (χ3v) is 3.44. The maximum Gasteiger partial charge on any atom is 0.254 e. The maximum absolute atomic E-state index is 12.7. The van der Waals surface area contributed by atoms with Crippen LogP contribution in [0.15, 0.2) is 24.8 Å². The smallest absolute Gasteiger partial charge is 0.254 e. The number of benzene rings is 1. The lowest BCUT2D eigenvalue weighted by molar-refractivity contribution is 0.0764. The number of nitrogens with zero attached hydrogens (tertiary/aromatic N) is 1. The van der Waals surface area contributed by atoms with Gasteiger partial charge in [-0.3, -0.25) is 4.79 Å². The van der Waals surface area contributed by atoms with Gasteiger partial charge < -0.3 is 4.90 Å². The first-order valence-electron chi connectivity index (χ1n) is 8.28. The van der Waals surface area contributed by atoms with Crippen LogP contribution < -0.4 is 0 Å². The van der Waals surface area contributed by atoms with Crippen LogP contribution in [0.5, 0.6) is 0 Å². The first-order valence-corrected chi connectivity index (χ1v) is 8.28. The summed E-state index contributed by atoms with van der Waals surface area (Å²) < 4.78 is 0. The fraction of sp³-hybridized carbons (Fsp3) is 0.450. The van der Waals surface area contributed by atoms with Crippen LogP contribution in [0.1, 0.15) is 68.1 Å². The second-order valence-corrected chi connectivity index (χ2v) is 4.85. The normalized spacial score (nSPS) is 10.1. The van der Waals surface area contributed by atoms with Crippen molar-refractivity contribution in [3.8, 4) is 0 Å². The first-order chi connectivity index (χ1) is 10.6. The number of hydrogen-bond donors (Lipinski definition) is 0. The van der Waals surface area contributed by atoms with E-state index in [0.717, 1.165) is 41.8 Å². The van der Waals surface area contributed by atoms with Crippen LogP contribution in [0.25, 0.3) is 12.2 Å². The Hall–Kier alpha value is -1.83. The molecule has 1 aromatic carbocycles. The molecule has 0 bridgehead atoms. The van der Waals surface area contributed by atoms with Gasteiger partial charge in [0.1, 0.15) is 0 Å². The minimum atomic E-state index is 0.0926. The molecule has 0 aliphatic carbocycles. The summed E-state index contributed by atoms with van der Waals surface area (Å²) in [6.07, 6.45) is 6.79. The number of rotatable bonds is 6. The Morgan fingerprint density at radius 1 is 1.23 bits per heavy atom. The number of aryl methyl sites for hydroxylation is 1. The van der Waals surface area contributed by atoms with Crippen LogP contribution in [-0.2, 0) is 0 Å². The predicted molar refractivity (Wildman–Crippen MR) is 99.2 cm³/mol. The molecule has 0 atom stereocenters. The summed E-state index contributed by atoms with van der Waals surface area (Å²) in [5.74, 6) is 0.0926. The van der Waals surface area contributed by atoms with Crippen LogP contribution >= 0.6 is 0 Å². The van der Waals surface area contributed by atoms with E-state index >= 15 is 0 Å². The molecular weight excluding hydrogens is 270 g/mol. The van der Waals surface area contributed by atoms with Crippen molar-refractivity contribution < 1.29 is 4.79 Å². The zero-order valence-electron chi connectivity index (χ0n) is 15.1. The van der Waals surface area contributed by atoms with Crippen molar-refractivity contribution in [2.24, 2.45) is 0 Å². The van der Waals surface area contributed by atoms with E-state index in [2.05, 4.69) is 20.4 Å². The Balaban J connectivity index is 0.00000211. The number of amides is 1. The fourth-order valence-electron chi connectivity index (χ4n) is 2.38. The number of hydrogen-bond acceptors (Lipinski definition) is 1. The third kappa shape index (κ3) is 4.87. The van der Waals surface area contributed by atoms with E-state index in [1.54, 1.807) is 6.08 Å². The Labute approximate surface area is 136 Å². The van der Waals surface area contributed by atoms with Gasteiger partial charge in [-0.15, -0.1) is 0 Å². The molecule has 122 valence electrons. The van der Waals surface area contributed by atoms with E-state index in [-0.39, 0.29) is 5.91 Å². The Morgan fingerprint density at radius 2 is 1.86 bits per heavy atom. The molecule has 0 N–H and O–H groups in total. The van der Waals surface area contributed by atoms with Gasteiger partial charge in [0.15, 0.2) is 0 Å². The lowest BCUT2D eigenvalue weighted by Crippen LogP contribution is -2.32. The summed E-state index contributed by atoms with van der Waals surface area (Å²) in [6.45, 7) is 17.5. The molecule has 1 amide bonds. The molecule has 0 aliphatic heterocycles. The van der Waals surface area contributed by atoms with Crippen LogP contribution in [-0.4, -0.2) is 23.9 Å². The zero-order chi connectivity index (χ0) is 17.1. The van der Waals surface area contributed by atoms with Gasteiger partial charge in [0.25, 0.3) is 5.91 Å². The third-order valence-electron chi connectivity index (χ3n) is 3.44. The van der Waals surface area contributed by atoms with Gasteiger partial charge >= 0.3 is 0 Å². The maximum atomic E-state index is 12.7. The van der Waals surface area contributed by atoms with Gasteiger partial charge in [-0.25, -0.2) is 0 Å². The number of carbonyl (C=O) groups is 1. The molecule has 2 nitrogen and oxygen atoms in total. The highest BCUT2D eigenvalue weighted by molar-refractivity contribution is 5.99. The molecule has 1 aromatic rings. The second-order valence-electron chi connectivity index (χ2n) is 4.85. The van der Waals surface area contributed by atoms with E-state index in [1.165, 1.54) is 0 Å². The summed E-state index contributed by atoms with van der Waals surface area (Å²) in [5, 5.41) is 0.